The molecule has 1 aliphatic carbocycles. The zero-order chi connectivity index (χ0) is 15.8. The first kappa shape index (κ1) is 16.3. The minimum Gasteiger partial charge on any atom is -0.321 e. The van der Waals surface area contributed by atoms with Crippen LogP contribution in [0.5, 0.6) is 0 Å². The zero-order valence-corrected chi connectivity index (χ0v) is 12.3. The first-order valence-corrected chi connectivity index (χ1v) is 7.29. The second kappa shape index (κ2) is 5.59. The van der Waals surface area contributed by atoms with Crippen LogP contribution in [0.25, 0.3) is 0 Å². The number of halogens is 4. The van der Waals surface area contributed by atoms with Gasteiger partial charge in [-0.3, -0.25) is 0 Å². The number of benzene rings is 1. The summed E-state index contributed by atoms with van der Waals surface area (Å²) in [6.07, 6.45) is -1.45. The number of rotatable bonds is 2. The van der Waals surface area contributed by atoms with Crippen LogP contribution >= 0.6 is 0 Å². The molecule has 21 heavy (non-hydrogen) atoms. The highest BCUT2D eigenvalue weighted by Gasteiger charge is 2.37. The largest absolute Gasteiger partial charge is 0.419 e. The molecule has 0 aromatic heterocycles. The van der Waals surface area contributed by atoms with Crippen LogP contribution in [0.1, 0.15) is 50.7 Å². The Hall–Kier alpha value is -1.10. The van der Waals surface area contributed by atoms with Gasteiger partial charge in [0.1, 0.15) is 5.82 Å². The van der Waals surface area contributed by atoms with Gasteiger partial charge in [0, 0.05) is 5.54 Å². The van der Waals surface area contributed by atoms with E-state index in [-0.39, 0.29) is 0 Å². The lowest BCUT2D eigenvalue weighted by Gasteiger charge is -2.39. The van der Waals surface area contributed by atoms with Crippen molar-refractivity contribution in [3.63, 3.8) is 0 Å². The summed E-state index contributed by atoms with van der Waals surface area (Å²) < 4.78 is 51.5. The molecule has 1 saturated carbocycles. The van der Waals surface area contributed by atoms with E-state index in [1.165, 1.54) is 6.07 Å². The fourth-order valence-electron chi connectivity index (χ4n) is 3.17. The van der Waals surface area contributed by atoms with Crippen molar-refractivity contribution < 1.29 is 17.6 Å². The fourth-order valence-corrected chi connectivity index (χ4v) is 3.17. The lowest BCUT2D eigenvalue weighted by atomic mass is 9.70. The molecule has 1 aromatic carbocycles. The van der Waals surface area contributed by atoms with Crippen molar-refractivity contribution in [3.8, 4) is 0 Å². The first-order chi connectivity index (χ1) is 9.63. The molecular formula is C16H21F4N. The Bertz CT molecular complexity index is 499. The molecule has 0 saturated heterocycles. The monoisotopic (exact) mass is 303 g/mol. The second-order valence-electron chi connectivity index (χ2n) is 6.43. The van der Waals surface area contributed by atoms with Gasteiger partial charge in [-0.05, 0) is 55.2 Å². The predicted octanol–water partition coefficient (Wildman–Crippen LogP) is 4.84. The van der Waals surface area contributed by atoms with E-state index in [4.69, 9.17) is 5.73 Å². The van der Waals surface area contributed by atoms with E-state index in [0.29, 0.717) is 30.2 Å². The van der Waals surface area contributed by atoms with Crippen LogP contribution in [-0.4, -0.2) is 0 Å². The van der Waals surface area contributed by atoms with Gasteiger partial charge in [-0.25, -0.2) is 4.39 Å². The third-order valence-electron chi connectivity index (χ3n) is 4.71. The number of hydrogen-bond donors (Lipinski definition) is 1. The fraction of sp³-hybridized carbons (Fsp3) is 0.625. The van der Waals surface area contributed by atoms with Crippen LogP contribution in [0.3, 0.4) is 0 Å². The van der Waals surface area contributed by atoms with Crippen molar-refractivity contribution in [1.82, 2.24) is 0 Å². The maximum atomic E-state index is 13.7. The highest BCUT2D eigenvalue weighted by molar-refractivity contribution is 5.31. The highest BCUT2D eigenvalue weighted by Crippen LogP contribution is 2.41. The van der Waals surface area contributed by atoms with Crippen LogP contribution in [0.2, 0.25) is 0 Å². The molecule has 0 aliphatic heterocycles. The van der Waals surface area contributed by atoms with Gasteiger partial charge in [-0.15, -0.1) is 0 Å². The lowest BCUT2D eigenvalue weighted by Crippen LogP contribution is -2.41. The molecule has 0 heterocycles. The Kier molecular flexibility index (Phi) is 4.34. The van der Waals surface area contributed by atoms with Crippen LogP contribution in [0.4, 0.5) is 17.6 Å². The summed E-state index contributed by atoms with van der Waals surface area (Å²) in [6, 6.07) is 3.08. The maximum Gasteiger partial charge on any atom is 0.419 e. The first-order valence-electron chi connectivity index (χ1n) is 7.29. The van der Waals surface area contributed by atoms with Crippen LogP contribution in [0.15, 0.2) is 18.2 Å². The van der Waals surface area contributed by atoms with Gasteiger partial charge in [-0.1, -0.05) is 19.9 Å². The van der Waals surface area contributed by atoms with Crippen molar-refractivity contribution in [1.29, 1.82) is 0 Å². The van der Waals surface area contributed by atoms with Gasteiger partial charge in [0.2, 0.25) is 0 Å². The molecule has 2 rings (SSSR count). The van der Waals surface area contributed by atoms with Gasteiger partial charge in [0.15, 0.2) is 0 Å². The van der Waals surface area contributed by atoms with E-state index in [9.17, 15) is 17.6 Å². The van der Waals surface area contributed by atoms with Gasteiger partial charge in [0.05, 0.1) is 5.56 Å². The third-order valence-corrected chi connectivity index (χ3v) is 4.71. The summed E-state index contributed by atoms with van der Waals surface area (Å²) >= 11 is 0. The van der Waals surface area contributed by atoms with E-state index in [1.807, 2.05) is 0 Å². The van der Waals surface area contributed by atoms with E-state index in [1.54, 1.807) is 0 Å². The molecule has 2 N–H and O–H groups in total. The number of hydrogen-bond acceptors (Lipinski definition) is 1. The Labute approximate surface area is 122 Å². The van der Waals surface area contributed by atoms with E-state index < -0.39 is 23.1 Å². The standard InChI is InChI=1S/C16H21F4N/c1-10(2)11-5-7-15(21,8-6-11)12-3-4-13(14(17)9-12)16(18,19)20/h3-4,9-11H,5-8,21H2,1-2H3. The Morgan fingerprint density at radius 2 is 1.76 bits per heavy atom. The molecule has 0 spiro atoms. The van der Waals surface area contributed by atoms with Crippen molar-refractivity contribution >= 4 is 0 Å². The van der Waals surface area contributed by atoms with Crippen molar-refractivity contribution in [2.24, 2.45) is 17.6 Å². The molecule has 5 heteroatoms. The molecular weight excluding hydrogens is 282 g/mol. The molecule has 1 nitrogen and oxygen atoms in total. The molecule has 0 unspecified atom stereocenters. The topological polar surface area (TPSA) is 26.0 Å². The summed E-state index contributed by atoms with van der Waals surface area (Å²) in [6.45, 7) is 4.32. The zero-order valence-electron chi connectivity index (χ0n) is 12.3. The highest BCUT2D eigenvalue weighted by atomic mass is 19.4. The molecule has 0 bridgehead atoms. The SMILES string of the molecule is CC(C)C1CCC(N)(c2ccc(C(F)(F)F)c(F)c2)CC1. The molecule has 0 atom stereocenters. The molecule has 1 fully saturated rings. The molecule has 1 aliphatic rings. The third kappa shape index (κ3) is 3.39. The normalized spacial score (nSPS) is 27.1. The van der Waals surface area contributed by atoms with E-state index >= 15 is 0 Å². The molecule has 118 valence electrons. The summed E-state index contributed by atoms with van der Waals surface area (Å²) in [5.41, 5.74) is 4.85. The van der Waals surface area contributed by atoms with Gasteiger partial charge >= 0.3 is 6.18 Å². The average Bonchev–Trinajstić information content (AvgIpc) is 2.37. The van der Waals surface area contributed by atoms with Crippen LogP contribution in [0, 0.1) is 17.7 Å². The van der Waals surface area contributed by atoms with E-state index in [2.05, 4.69) is 13.8 Å². The Morgan fingerprint density at radius 3 is 2.19 bits per heavy atom. The minimum atomic E-state index is -4.67. The van der Waals surface area contributed by atoms with Crippen molar-refractivity contribution in [2.45, 2.75) is 51.2 Å². The van der Waals surface area contributed by atoms with Crippen molar-refractivity contribution in [2.75, 3.05) is 0 Å². The predicted molar refractivity (Wildman–Crippen MR) is 74.1 cm³/mol. The van der Waals surface area contributed by atoms with Crippen molar-refractivity contribution in [3.05, 3.63) is 35.1 Å². The number of alkyl halides is 3. The summed E-state index contributed by atoms with van der Waals surface area (Å²) in [5, 5.41) is 0. The Balaban J connectivity index is 2.21. The average molecular weight is 303 g/mol. The van der Waals surface area contributed by atoms with Gasteiger partial charge in [0.25, 0.3) is 0 Å². The smallest absolute Gasteiger partial charge is 0.321 e. The lowest BCUT2D eigenvalue weighted by molar-refractivity contribution is -0.140. The van der Waals surface area contributed by atoms with Crippen LogP contribution < -0.4 is 5.73 Å². The Morgan fingerprint density at radius 1 is 1.19 bits per heavy atom. The summed E-state index contributed by atoms with van der Waals surface area (Å²) in [7, 11) is 0. The molecule has 0 amide bonds. The van der Waals surface area contributed by atoms with Gasteiger partial charge < -0.3 is 5.73 Å². The van der Waals surface area contributed by atoms with Crippen LogP contribution in [-0.2, 0) is 11.7 Å². The van der Waals surface area contributed by atoms with Gasteiger partial charge in [-0.2, -0.15) is 13.2 Å². The summed E-state index contributed by atoms with van der Waals surface area (Å²) in [4.78, 5) is 0. The second-order valence-corrected chi connectivity index (χ2v) is 6.43. The van der Waals surface area contributed by atoms with E-state index in [0.717, 1.165) is 25.0 Å². The quantitative estimate of drug-likeness (QED) is 0.777. The summed E-state index contributed by atoms with van der Waals surface area (Å²) in [5.74, 6) is -0.0873. The minimum absolute atomic E-state index is 0.468. The maximum absolute atomic E-state index is 13.7. The molecule has 1 aromatic rings. The molecule has 0 radical (unpaired) electrons. The number of nitrogens with two attached hydrogens (primary N) is 1.